The van der Waals surface area contributed by atoms with Gasteiger partial charge in [0.25, 0.3) is 0 Å². The molecule has 33 heavy (non-hydrogen) atoms. The summed E-state index contributed by atoms with van der Waals surface area (Å²) in [5.41, 5.74) is 11.5. The molecule has 7 nitrogen and oxygen atoms in total. The number of anilines is 2. The van der Waals surface area contributed by atoms with Crippen LogP contribution in [0.15, 0.2) is 48.5 Å². The zero-order valence-corrected chi connectivity index (χ0v) is 18.5. The minimum Gasteiger partial charge on any atom is -0.379 e. The third kappa shape index (κ3) is 3.48. The molecule has 2 saturated heterocycles. The van der Waals surface area contributed by atoms with Gasteiger partial charge in [0.1, 0.15) is 0 Å². The van der Waals surface area contributed by atoms with Crippen molar-refractivity contribution in [2.24, 2.45) is 0 Å². The van der Waals surface area contributed by atoms with E-state index in [0.717, 1.165) is 69.0 Å². The van der Waals surface area contributed by atoms with Crippen LogP contribution in [0.1, 0.15) is 28.8 Å². The normalized spacial score (nSPS) is 18.9. The minimum absolute atomic E-state index is 0.0242. The molecule has 168 valence electrons. The molecule has 0 saturated carbocycles. The van der Waals surface area contributed by atoms with Crippen LogP contribution in [0.4, 0.5) is 11.6 Å². The van der Waals surface area contributed by atoms with Crippen LogP contribution in [-0.4, -0.2) is 66.1 Å². The number of ether oxygens (including phenoxy) is 1. The maximum atomic E-state index is 13.5. The number of hydrogen-bond acceptors (Lipinski definition) is 7. The first-order valence-corrected chi connectivity index (χ1v) is 11.7. The number of carbonyl (C=O) groups is 1. The number of rotatable bonds is 3. The van der Waals surface area contributed by atoms with Gasteiger partial charge >= 0.3 is 0 Å². The summed E-state index contributed by atoms with van der Waals surface area (Å²) in [6.07, 6.45) is 2.21. The van der Waals surface area contributed by atoms with Gasteiger partial charge in [-0.2, -0.15) is 0 Å². The number of nitrogens with two attached hydrogens (primary N) is 1. The van der Waals surface area contributed by atoms with Crippen molar-refractivity contribution in [3.8, 4) is 22.5 Å². The summed E-state index contributed by atoms with van der Waals surface area (Å²) in [7, 11) is 0. The van der Waals surface area contributed by atoms with Gasteiger partial charge in [-0.1, -0.05) is 42.5 Å². The van der Waals surface area contributed by atoms with Crippen LogP contribution in [-0.2, 0) is 4.74 Å². The predicted octanol–water partition coefficient (Wildman–Crippen LogP) is 3.24. The number of nitrogen functional groups attached to an aromatic ring is 1. The molecular weight excluding hydrogens is 414 g/mol. The molecule has 0 amide bonds. The average Bonchev–Trinajstić information content (AvgIpc) is 3.16. The molecule has 6 rings (SSSR count). The van der Waals surface area contributed by atoms with Crippen LogP contribution in [0.3, 0.4) is 0 Å². The van der Waals surface area contributed by atoms with E-state index in [9.17, 15) is 4.79 Å². The molecule has 1 aromatic heterocycles. The Balaban J connectivity index is 1.36. The molecule has 0 unspecified atom stereocenters. The fourth-order valence-corrected chi connectivity index (χ4v) is 5.47. The zero-order valence-electron chi connectivity index (χ0n) is 18.5. The molecule has 2 aromatic carbocycles. The van der Waals surface area contributed by atoms with E-state index in [1.165, 1.54) is 0 Å². The highest BCUT2D eigenvalue weighted by atomic mass is 16.5. The van der Waals surface area contributed by atoms with Gasteiger partial charge in [-0.3, -0.25) is 9.69 Å². The third-order valence-electron chi connectivity index (χ3n) is 7.09. The van der Waals surface area contributed by atoms with Gasteiger partial charge in [0.05, 0.1) is 30.2 Å². The Hall–Kier alpha value is -3.29. The number of hydrogen-bond donors (Lipinski definition) is 1. The minimum atomic E-state index is -0.0242. The molecule has 3 aliphatic rings. The lowest BCUT2D eigenvalue weighted by Gasteiger charge is -2.41. The Morgan fingerprint density at radius 2 is 1.58 bits per heavy atom. The molecular formula is C26H27N5O2. The quantitative estimate of drug-likeness (QED) is 0.522. The van der Waals surface area contributed by atoms with Gasteiger partial charge in [-0.25, -0.2) is 9.97 Å². The largest absolute Gasteiger partial charge is 0.379 e. The molecule has 7 heteroatoms. The van der Waals surface area contributed by atoms with E-state index in [1.54, 1.807) is 0 Å². The van der Waals surface area contributed by atoms with Gasteiger partial charge in [0, 0.05) is 54.6 Å². The van der Waals surface area contributed by atoms with Crippen molar-refractivity contribution in [2.75, 3.05) is 50.0 Å². The second-order valence-corrected chi connectivity index (χ2v) is 8.92. The SMILES string of the molecule is Nc1nc(-c2ccccc2)c2c(n1)-c1c(cccc1N1CCC(N3CCOCC3)CC1)C2=O. The topological polar surface area (TPSA) is 84.6 Å². The molecule has 2 N–H and O–H groups in total. The second kappa shape index (κ2) is 8.24. The van der Waals surface area contributed by atoms with Crippen LogP contribution in [0.25, 0.3) is 22.5 Å². The molecule has 2 aliphatic heterocycles. The first-order chi connectivity index (χ1) is 16.2. The van der Waals surface area contributed by atoms with Crippen LogP contribution < -0.4 is 10.6 Å². The fourth-order valence-electron chi connectivity index (χ4n) is 5.47. The van der Waals surface area contributed by atoms with Crippen molar-refractivity contribution in [1.82, 2.24) is 14.9 Å². The van der Waals surface area contributed by atoms with Gasteiger partial charge < -0.3 is 15.4 Å². The summed E-state index contributed by atoms with van der Waals surface area (Å²) < 4.78 is 5.52. The maximum Gasteiger partial charge on any atom is 0.221 e. The lowest BCUT2D eigenvalue weighted by Crippen LogP contribution is -2.49. The van der Waals surface area contributed by atoms with Crippen molar-refractivity contribution in [2.45, 2.75) is 18.9 Å². The molecule has 0 radical (unpaired) electrons. The molecule has 3 aromatic rings. The number of benzene rings is 2. The molecule has 0 bridgehead atoms. The number of fused-ring (bicyclic) bond motifs is 3. The van der Waals surface area contributed by atoms with Crippen LogP contribution in [0.5, 0.6) is 0 Å². The molecule has 1 aliphatic carbocycles. The van der Waals surface area contributed by atoms with Crippen molar-refractivity contribution in [1.29, 1.82) is 0 Å². The first-order valence-electron chi connectivity index (χ1n) is 11.7. The lowest BCUT2D eigenvalue weighted by atomic mass is 9.99. The highest BCUT2D eigenvalue weighted by Crippen LogP contribution is 2.45. The number of morpholine rings is 1. The molecule has 3 heterocycles. The Kier molecular flexibility index (Phi) is 5.08. The van der Waals surface area contributed by atoms with Crippen LogP contribution in [0.2, 0.25) is 0 Å². The first kappa shape index (κ1) is 20.3. The summed E-state index contributed by atoms with van der Waals surface area (Å²) in [5.74, 6) is 0.165. The fraction of sp³-hybridized carbons (Fsp3) is 0.346. The van der Waals surface area contributed by atoms with Crippen molar-refractivity contribution < 1.29 is 9.53 Å². The predicted molar refractivity (Wildman–Crippen MR) is 128 cm³/mol. The summed E-state index contributed by atoms with van der Waals surface area (Å²) in [6.45, 7) is 5.60. The van der Waals surface area contributed by atoms with E-state index in [-0.39, 0.29) is 11.7 Å². The number of nitrogens with zero attached hydrogens (tertiary/aromatic N) is 4. The Morgan fingerprint density at radius 1 is 0.848 bits per heavy atom. The number of ketones is 1. The Labute approximate surface area is 193 Å². The van der Waals surface area contributed by atoms with Crippen molar-refractivity contribution in [3.63, 3.8) is 0 Å². The van der Waals surface area contributed by atoms with Crippen molar-refractivity contribution >= 4 is 17.4 Å². The third-order valence-corrected chi connectivity index (χ3v) is 7.09. The van der Waals surface area contributed by atoms with Crippen LogP contribution >= 0.6 is 0 Å². The maximum absolute atomic E-state index is 13.5. The summed E-state index contributed by atoms with van der Waals surface area (Å²) in [6, 6.07) is 16.3. The van der Waals surface area contributed by atoms with Crippen molar-refractivity contribution in [3.05, 3.63) is 59.7 Å². The number of piperidine rings is 1. The highest BCUT2D eigenvalue weighted by Gasteiger charge is 2.36. The van der Waals surface area contributed by atoms with E-state index in [1.807, 2.05) is 42.5 Å². The van der Waals surface area contributed by atoms with Gasteiger partial charge in [-0.15, -0.1) is 0 Å². The molecule has 2 fully saturated rings. The standard InChI is InChI=1S/C26H27N5O2/c27-26-28-23(17-5-2-1-3-6-17)22-24(29-26)21-19(25(22)32)7-4-8-20(21)31-11-9-18(10-12-31)30-13-15-33-16-14-30/h1-8,18H,9-16H2,(H2,27,28,29). The second-order valence-electron chi connectivity index (χ2n) is 8.92. The smallest absolute Gasteiger partial charge is 0.221 e. The van der Waals surface area contributed by atoms with E-state index in [0.29, 0.717) is 28.6 Å². The summed E-state index contributed by atoms with van der Waals surface area (Å²) in [5, 5.41) is 0. The highest BCUT2D eigenvalue weighted by molar-refractivity contribution is 6.25. The van der Waals surface area contributed by atoms with Crippen LogP contribution in [0, 0.1) is 0 Å². The van der Waals surface area contributed by atoms with E-state index in [4.69, 9.17) is 10.5 Å². The zero-order chi connectivity index (χ0) is 22.4. The number of aromatic nitrogens is 2. The van der Waals surface area contributed by atoms with Gasteiger partial charge in [-0.05, 0) is 18.9 Å². The number of carbonyl (C=O) groups excluding carboxylic acids is 1. The molecule has 0 spiro atoms. The van der Waals surface area contributed by atoms with E-state index in [2.05, 4.69) is 25.8 Å². The Bertz CT molecular complexity index is 1200. The van der Waals surface area contributed by atoms with Gasteiger partial charge in [0.2, 0.25) is 5.95 Å². The Morgan fingerprint density at radius 3 is 2.33 bits per heavy atom. The summed E-state index contributed by atoms with van der Waals surface area (Å²) in [4.78, 5) is 27.5. The lowest BCUT2D eigenvalue weighted by molar-refractivity contribution is 0.0115. The van der Waals surface area contributed by atoms with Gasteiger partial charge in [0.15, 0.2) is 5.78 Å². The van der Waals surface area contributed by atoms with E-state index >= 15 is 0 Å². The average molecular weight is 442 g/mol. The molecule has 0 atom stereocenters. The monoisotopic (exact) mass is 441 g/mol. The summed E-state index contributed by atoms with van der Waals surface area (Å²) >= 11 is 0. The van der Waals surface area contributed by atoms with E-state index < -0.39 is 0 Å².